The van der Waals surface area contributed by atoms with Crippen LogP contribution in [0.4, 0.5) is 13.2 Å². The number of benzene rings is 1. The summed E-state index contributed by atoms with van der Waals surface area (Å²) in [6.07, 6.45) is 0.357. The molecule has 1 aromatic carbocycles. The van der Waals surface area contributed by atoms with Crippen molar-refractivity contribution in [1.82, 2.24) is 25.2 Å². The minimum absolute atomic E-state index is 0.0652. The smallest absolute Gasteiger partial charge is 0.265 e. The van der Waals surface area contributed by atoms with Crippen molar-refractivity contribution in [3.63, 3.8) is 0 Å². The van der Waals surface area contributed by atoms with Crippen LogP contribution in [0.15, 0.2) is 55.3 Å². The Kier molecular flexibility index (Phi) is 4.53. The number of hydroxylamine groups is 1. The van der Waals surface area contributed by atoms with Gasteiger partial charge >= 0.3 is 6.18 Å². The van der Waals surface area contributed by atoms with E-state index in [0.717, 1.165) is 18.2 Å². The Bertz CT molecular complexity index is 1020. The van der Waals surface area contributed by atoms with Crippen LogP contribution in [0.1, 0.15) is 11.1 Å². The number of hydrogen-bond acceptors (Lipinski definition) is 5. The zero-order valence-corrected chi connectivity index (χ0v) is 15.3. The first-order valence-corrected chi connectivity index (χ1v) is 8.56. The van der Waals surface area contributed by atoms with E-state index in [0.29, 0.717) is 11.4 Å². The summed E-state index contributed by atoms with van der Waals surface area (Å²) in [5.41, 5.74) is -0.155. The SMILES string of the molecule is FC(F)(F)C1(c2cc(Cl)cc(Cl)c2)C=C(c2ccc(-n3cncn3)nc2)NO1. The summed E-state index contributed by atoms with van der Waals surface area (Å²) in [4.78, 5) is 13.0. The highest BCUT2D eigenvalue weighted by atomic mass is 35.5. The van der Waals surface area contributed by atoms with Gasteiger partial charge in [-0.2, -0.15) is 18.3 Å². The van der Waals surface area contributed by atoms with Gasteiger partial charge in [0.2, 0.25) is 5.60 Å². The Morgan fingerprint density at radius 3 is 2.43 bits per heavy atom. The van der Waals surface area contributed by atoms with E-state index >= 15 is 0 Å². The average Bonchev–Trinajstić information content (AvgIpc) is 3.31. The van der Waals surface area contributed by atoms with Crippen molar-refractivity contribution in [2.24, 2.45) is 0 Å². The van der Waals surface area contributed by atoms with Crippen molar-refractivity contribution in [2.75, 3.05) is 0 Å². The van der Waals surface area contributed by atoms with Crippen molar-refractivity contribution >= 4 is 28.9 Å². The molecule has 1 aliphatic heterocycles. The van der Waals surface area contributed by atoms with Crippen LogP contribution in [0.25, 0.3) is 11.5 Å². The molecule has 0 spiro atoms. The van der Waals surface area contributed by atoms with Crippen molar-refractivity contribution in [3.8, 4) is 5.82 Å². The van der Waals surface area contributed by atoms with Crippen molar-refractivity contribution < 1.29 is 18.0 Å². The number of alkyl halides is 3. The monoisotopic (exact) mass is 427 g/mol. The minimum atomic E-state index is -4.77. The maximum absolute atomic E-state index is 14.0. The van der Waals surface area contributed by atoms with Gasteiger partial charge in [-0.25, -0.2) is 14.6 Å². The predicted molar refractivity (Wildman–Crippen MR) is 95.5 cm³/mol. The number of rotatable bonds is 3. The molecule has 2 aromatic heterocycles. The van der Waals surface area contributed by atoms with E-state index in [9.17, 15) is 13.2 Å². The second-order valence-corrected chi connectivity index (χ2v) is 6.77. The summed E-state index contributed by atoms with van der Waals surface area (Å²) in [6, 6.07) is 6.85. The van der Waals surface area contributed by atoms with E-state index in [4.69, 9.17) is 28.0 Å². The molecule has 0 fully saturated rings. The molecule has 3 heterocycles. The first kappa shape index (κ1) is 18.7. The summed E-state index contributed by atoms with van der Waals surface area (Å²) in [7, 11) is 0. The van der Waals surface area contributed by atoms with Gasteiger partial charge in [0, 0.05) is 27.4 Å². The zero-order chi connectivity index (χ0) is 19.9. The van der Waals surface area contributed by atoms with Crippen LogP contribution in [0.3, 0.4) is 0 Å². The van der Waals surface area contributed by atoms with E-state index < -0.39 is 11.8 Å². The van der Waals surface area contributed by atoms with Crippen molar-refractivity contribution in [2.45, 2.75) is 11.8 Å². The quantitative estimate of drug-likeness (QED) is 0.674. The largest absolute Gasteiger partial charge is 0.428 e. The molecule has 144 valence electrons. The first-order valence-electron chi connectivity index (χ1n) is 7.80. The summed E-state index contributed by atoms with van der Waals surface area (Å²) >= 11 is 11.8. The van der Waals surface area contributed by atoms with Gasteiger partial charge in [-0.15, -0.1) is 0 Å². The highest BCUT2D eigenvalue weighted by Crippen LogP contribution is 2.48. The molecule has 6 nitrogen and oxygen atoms in total. The Labute approximate surface area is 166 Å². The normalized spacial score (nSPS) is 19.4. The molecule has 1 atom stereocenters. The van der Waals surface area contributed by atoms with Crippen LogP contribution < -0.4 is 5.48 Å². The van der Waals surface area contributed by atoms with Gasteiger partial charge in [0.1, 0.15) is 12.7 Å². The first-order chi connectivity index (χ1) is 13.3. The van der Waals surface area contributed by atoms with Gasteiger partial charge in [-0.3, -0.25) is 10.3 Å². The van der Waals surface area contributed by atoms with E-state index in [1.165, 1.54) is 29.6 Å². The molecule has 1 aliphatic rings. The predicted octanol–water partition coefficient (Wildman–Crippen LogP) is 4.30. The number of hydrogen-bond donors (Lipinski definition) is 1. The fourth-order valence-electron chi connectivity index (χ4n) is 2.76. The highest BCUT2D eigenvalue weighted by Gasteiger charge is 2.59. The zero-order valence-electron chi connectivity index (χ0n) is 13.8. The Morgan fingerprint density at radius 2 is 1.86 bits per heavy atom. The standard InChI is InChI=1S/C17H10Cl2F3N5O/c18-12-3-11(4-13(19)5-12)16(17(20,21)22)6-14(26-28-16)10-1-2-15(24-7-10)27-9-23-8-25-27/h1-9,26H. The molecular formula is C17H10Cl2F3N5O. The topological polar surface area (TPSA) is 64.9 Å². The summed E-state index contributed by atoms with van der Waals surface area (Å²) in [5, 5.41) is 4.07. The van der Waals surface area contributed by atoms with E-state index in [1.54, 1.807) is 12.1 Å². The maximum atomic E-state index is 14.0. The van der Waals surface area contributed by atoms with E-state index in [2.05, 4.69) is 20.5 Å². The molecule has 4 rings (SSSR count). The van der Waals surface area contributed by atoms with Crippen LogP contribution in [0, 0.1) is 0 Å². The third-order valence-electron chi connectivity index (χ3n) is 4.09. The van der Waals surface area contributed by atoms with Crippen LogP contribution in [-0.4, -0.2) is 25.9 Å². The average molecular weight is 428 g/mol. The molecule has 0 aliphatic carbocycles. The lowest BCUT2D eigenvalue weighted by atomic mass is 9.91. The molecule has 0 radical (unpaired) electrons. The number of halogens is 5. The van der Waals surface area contributed by atoms with Crippen LogP contribution in [-0.2, 0) is 10.4 Å². The third kappa shape index (κ3) is 3.21. The minimum Gasteiger partial charge on any atom is -0.265 e. The van der Waals surface area contributed by atoms with E-state index in [-0.39, 0.29) is 21.3 Å². The van der Waals surface area contributed by atoms with Crippen molar-refractivity contribution in [3.05, 3.63) is 76.4 Å². The fraction of sp³-hybridized carbons (Fsp3) is 0.118. The molecule has 3 aromatic rings. The lowest BCUT2D eigenvalue weighted by molar-refractivity contribution is -0.269. The van der Waals surface area contributed by atoms with Gasteiger partial charge in [0.15, 0.2) is 5.82 Å². The molecule has 0 bridgehead atoms. The van der Waals surface area contributed by atoms with Gasteiger partial charge in [-0.05, 0) is 36.4 Å². The number of aromatic nitrogens is 4. The molecule has 0 saturated heterocycles. The molecule has 1 N–H and O–H groups in total. The molecule has 0 amide bonds. The molecule has 1 unspecified atom stereocenters. The molecular weight excluding hydrogens is 418 g/mol. The maximum Gasteiger partial charge on any atom is 0.428 e. The molecule has 11 heteroatoms. The Morgan fingerprint density at radius 1 is 1.11 bits per heavy atom. The van der Waals surface area contributed by atoms with Gasteiger partial charge < -0.3 is 0 Å². The number of nitrogens with zero attached hydrogens (tertiary/aromatic N) is 4. The Balaban J connectivity index is 1.75. The molecule has 28 heavy (non-hydrogen) atoms. The van der Waals surface area contributed by atoms with Crippen LogP contribution in [0.2, 0.25) is 10.0 Å². The van der Waals surface area contributed by atoms with Gasteiger partial charge in [0.25, 0.3) is 0 Å². The number of pyridine rings is 1. The van der Waals surface area contributed by atoms with Gasteiger partial charge in [0.05, 0.1) is 5.70 Å². The van der Waals surface area contributed by atoms with E-state index in [1.807, 2.05) is 0 Å². The number of nitrogens with one attached hydrogen (secondary N) is 1. The second kappa shape index (κ2) is 6.77. The summed E-state index contributed by atoms with van der Waals surface area (Å²) in [6.45, 7) is 0. The highest BCUT2D eigenvalue weighted by molar-refractivity contribution is 6.34. The summed E-state index contributed by atoms with van der Waals surface area (Å²) < 4.78 is 43.3. The van der Waals surface area contributed by atoms with Crippen LogP contribution >= 0.6 is 23.2 Å². The Hall–Kier alpha value is -2.62. The van der Waals surface area contributed by atoms with Crippen LogP contribution in [0.5, 0.6) is 0 Å². The fourth-order valence-corrected chi connectivity index (χ4v) is 3.29. The van der Waals surface area contributed by atoms with Crippen molar-refractivity contribution in [1.29, 1.82) is 0 Å². The lowest BCUT2D eigenvalue weighted by Crippen LogP contribution is -2.42. The third-order valence-corrected chi connectivity index (χ3v) is 4.53. The second-order valence-electron chi connectivity index (χ2n) is 5.90. The lowest BCUT2D eigenvalue weighted by Gasteiger charge is -2.28. The van der Waals surface area contributed by atoms with Gasteiger partial charge in [-0.1, -0.05) is 23.2 Å². The molecule has 0 saturated carbocycles. The summed E-state index contributed by atoms with van der Waals surface area (Å²) in [5.74, 6) is 0.462.